The molecule has 6 heteroatoms. The predicted octanol–water partition coefficient (Wildman–Crippen LogP) is 3.55. The summed E-state index contributed by atoms with van der Waals surface area (Å²) in [6.45, 7) is 3.22. The van der Waals surface area contributed by atoms with Crippen molar-refractivity contribution in [2.75, 3.05) is 20.6 Å². The maximum Gasteiger partial charge on any atom is 0.223 e. The molecule has 2 aromatic carbocycles. The van der Waals surface area contributed by atoms with Crippen molar-refractivity contribution < 1.29 is 9.18 Å². The Morgan fingerprint density at radius 2 is 1.79 bits per heavy atom. The van der Waals surface area contributed by atoms with E-state index in [0.29, 0.717) is 19.5 Å². The van der Waals surface area contributed by atoms with Crippen LogP contribution < -0.4 is 5.32 Å². The van der Waals surface area contributed by atoms with Gasteiger partial charge in [0.15, 0.2) is 0 Å². The number of benzene rings is 2. The minimum atomic E-state index is -0.276. The lowest BCUT2D eigenvalue weighted by Crippen LogP contribution is -2.26. The molecule has 28 heavy (non-hydrogen) atoms. The first-order valence-corrected chi connectivity index (χ1v) is 9.26. The Morgan fingerprint density at radius 1 is 1.11 bits per heavy atom. The number of hydrogen-bond acceptors (Lipinski definition) is 3. The van der Waals surface area contributed by atoms with Crippen LogP contribution in [0.4, 0.5) is 4.39 Å². The molecule has 0 fully saturated rings. The smallest absolute Gasteiger partial charge is 0.223 e. The number of rotatable bonds is 7. The lowest BCUT2D eigenvalue weighted by molar-refractivity contribution is -0.128. The van der Waals surface area contributed by atoms with Gasteiger partial charge in [-0.15, -0.1) is 0 Å². The number of aromatic nitrogens is 2. The third-order valence-electron chi connectivity index (χ3n) is 4.54. The Kier molecular flexibility index (Phi) is 6.21. The lowest BCUT2D eigenvalue weighted by Gasteiger charge is -2.10. The maximum atomic E-state index is 13.2. The van der Waals surface area contributed by atoms with Gasteiger partial charge in [-0.3, -0.25) is 4.79 Å². The van der Waals surface area contributed by atoms with E-state index >= 15 is 0 Å². The normalized spacial score (nSPS) is 10.9. The Balaban J connectivity index is 1.82. The molecule has 0 aliphatic rings. The lowest BCUT2D eigenvalue weighted by atomic mass is 10.1. The quantitative estimate of drug-likeness (QED) is 0.638. The standard InChI is InChI=1S/C22H25FN4O/c1-16-4-6-17(7-5-16)22-18(14-24-13-12-21(28)26(2)3)15-27(25-22)20-10-8-19(23)9-11-20/h4-11,15,24H,12-14H2,1-3H3. The van der Waals surface area contributed by atoms with Crippen molar-refractivity contribution >= 4 is 5.91 Å². The molecule has 3 rings (SSSR count). The van der Waals surface area contributed by atoms with E-state index in [1.807, 2.05) is 25.3 Å². The summed E-state index contributed by atoms with van der Waals surface area (Å²) in [7, 11) is 3.51. The number of halogens is 1. The maximum absolute atomic E-state index is 13.2. The van der Waals surface area contributed by atoms with Crippen LogP contribution in [-0.2, 0) is 11.3 Å². The van der Waals surface area contributed by atoms with Crippen molar-refractivity contribution in [2.45, 2.75) is 19.9 Å². The van der Waals surface area contributed by atoms with Crippen molar-refractivity contribution in [1.29, 1.82) is 0 Å². The van der Waals surface area contributed by atoms with Crippen molar-refractivity contribution in [3.8, 4) is 16.9 Å². The van der Waals surface area contributed by atoms with Crippen LogP contribution in [0.2, 0.25) is 0 Å². The van der Waals surface area contributed by atoms with Crippen LogP contribution in [-0.4, -0.2) is 41.2 Å². The second-order valence-electron chi connectivity index (χ2n) is 7.00. The highest BCUT2D eigenvalue weighted by Crippen LogP contribution is 2.24. The largest absolute Gasteiger partial charge is 0.349 e. The second kappa shape index (κ2) is 8.80. The number of hydrogen-bond donors (Lipinski definition) is 1. The third kappa shape index (κ3) is 4.84. The highest BCUT2D eigenvalue weighted by molar-refractivity contribution is 5.75. The van der Waals surface area contributed by atoms with Crippen LogP contribution in [0, 0.1) is 12.7 Å². The van der Waals surface area contributed by atoms with Crippen LogP contribution >= 0.6 is 0 Å². The van der Waals surface area contributed by atoms with Gasteiger partial charge in [-0.2, -0.15) is 5.10 Å². The molecule has 5 nitrogen and oxygen atoms in total. The fourth-order valence-electron chi connectivity index (χ4n) is 2.86. The topological polar surface area (TPSA) is 50.2 Å². The third-order valence-corrected chi connectivity index (χ3v) is 4.54. The van der Waals surface area contributed by atoms with Crippen molar-refractivity contribution in [2.24, 2.45) is 0 Å². The minimum Gasteiger partial charge on any atom is -0.349 e. The Hall–Kier alpha value is -2.99. The fraction of sp³-hybridized carbons (Fsp3) is 0.273. The summed E-state index contributed by atoms with van der Waals surface area (Å²) in [5.74, 6) is -0.185. The van der Waals surface area contributed by atoms with Crippen molar-refractivity contribution in [3.05, 3.63) is 71.7 Å². The van der Waals surface area contributed by atoms with Gasteiger partial charge in [-0.25, -0.2) is 9.07 Å². The molecule has 0 bridgehead atoms. The van der Waals surface area contributed by atoms with Crippen LogP contribution in [0.5, 0.6) is 0 Å². The summed E-state index contributed by atoms with van der Waals surface area (Å²) in [6, 6.07) is 14.5. The van der Waals surface area contributed by atoms with Gasteiger partial charge < -0.3 is 10.2 Å². The molecule has 1 aromatic heterocycles. The van der Waals surface area contributed by atoms with E-state index in [1.165, 1.54) is 17.7 Å². The van der Waals surface area contributed by atoms with E-state index in [0.717, 1.165) is 22.5 Å². The molecule has 0 atom stereocenters. The van der Waals surface area contributed by atoms with Gasteiger partial charge in [-0.05, 0) is 31.2 Å². The summed E-state index contributed by atoms with van der Waals surface area (Å²) in [5.41, 5.74) is 4.89. The number of nitrogens with zero attached hydrogens (tertiary/aromatic N) is 3. The van der Waals surface area contributed by atoms with Gasteiger partial charge >= 0.3 is 0 Å². The van der Waals surface area contributed by atoms with Crippen LogP contribution in [0.1, 0.15) is 17.5 Å². The van der Waals surface area contributed by atoms with Gasteiger partial charge in [0.05, 0.1) is 11.4 Å². The molecular weight excluding hydrogens is 355 g/mol. The van der Waals surface area contributed by atoms with E-state index in [2.05, 4.69) is 17.4 Å². The molecule has 3 aromatic rings. The number of aryl methyl sites for hydroxylation is 1. The molecule has 0 unspecified atom stereocenters. The van der Waals surface area contributed by atoms with Gasteiger partial charge in [0.1, 0.15) is 5.82 Å². The van der Waals surface area contributed by atoms with E-state index < -0.39 is 0 Å². The number of carbonyl (C=O) groups is 1. The average molecular weight is 380 g/mol. The Labute approximate surface area is 164 Å². The molecule has 0 saturated carbocycles. The molecule has 0 spiro atoms. The fourth-order valence-corrected chi connectivity index (χ4v) is 2.86. The summed E-state index contributed by atoms with van der Waals surface area (Å²) >= 11 is 0. The molecule has 0 radical (unpaired) electrons. The second-order valence-corrected chi connectivity index (χ2v) is 7.00. The molecule has 1 amide bonds. The zero-order chi connectivity index (χ0) is 20.1. The molecular formula is C22H25FN4O. The molecule has 0 saturated heterocycles. The highest BCUT2D eigenvalue weighted by Gasteiger charge is 2.13. The van der Waals surface area contributed by atoms with Gasteiger partial charge in [0.25, 0.3) is 0 Å². The zero-order valence-electron chi connectivity index (χ0n) is 16.4. The predicted molar refractivity (Wildman–Crippen MR) is 109 cm³/mol. The number of amides is 1. The van der Waals surface area contributed by atoms with Gasteiger partial charge in [-0.1, -0.05) is 29.8 Å². The number of nitrogens with one attached hydrogen (secondary N) is 1. The molecule has 1 N–H and O–H groups in total. The van der Waals surface area contributed by atoms with Gasteiger partial charge in [0.2, 0.25) is 5.91 Å². The first-order chi connectivity index (χ1) is 13.4. The highest BCUT2D eigenvalue weighted by atomic mass is 19.1. The summed E-state index contributed by atoms with van der Waals surface area (Å²) in [4.78, 5) is 13.3. The Bertz CT molecular complexity index is 930. The first-order valence-electron chi connectivity index (χ1n) is 9.26. The van der Waals surface area contributed by atoms with E-state index in [-0.39, 0.29) is 11.7 Å². The van der Waals surface area contributed by atoms with Crippen molar-refractivity contribution in [1.82, 2.24) is 20.0 Å². The van der Waals surface area contributed by atoms with E-state index in [1.54, 1.807) is 35.8 Å². The van der Waals surface area contributed by atoms with E-state index in [4.69, 9.17) is 5.10 Å². The zero-order valence-corrected chi connectivity index (χ0v) is 16.4. The minimum absolute atomic E-state index is 0.0910. The Morgan fingerprint density at radius 3 is 2.43 bits per heavy atom. The van der Waals surface area contributed by atoms with Crippen LogP contribution in [0.25, 0.3) is 16.9 Å². The van der Waals surface area contributed by atoms with Crippen LogP contribution in [0.3, 0.4) is 0 Å². The summed E-state index contributed by atoms with van der Waals surface area (Å²) < 4.78 is 15.0. The molecule has 0 aliphatic heterocycles. The molecule has 0 aliphatic carbocycles. The molecule has 146 valence electrons. The van der Waals surface area contributed by atoms with Crippen molar-refractivity contribution in [3.63, 3.8) is 0 Å². The molecule has 1 heterocycles. The SMILES string of the molecule is Cc1ccc(-c2nn(-c3ccc(F)cc3)cc2CNCCC(=O)N(C)C)cc1. The summed E-state index contributed by atoms with van der Waals surface area (Å²) in [5, 5.41) is 8.05. The average Bonchev–Trinajstić information content (AvgIpc) is 3.10. The first kappa shape index (κ1) is 19.8. The van der Waals surface area contributed by atoms with Crippen LogP contribution in [0.15, 0.2) is 54.7 Å². The van der Waals surface area contributed by atoms with Gasteiger partial charge in [0, 0.05) is 50.9 Å². The van der Waals surface area contributed by atoms with E-state index in [9.17, 15) is 9.18 Å². The summed E-state index contributed by atoms with van der Waals surface area (Å²) in [6.07, 6.45) is 2.39. The number of carbonyl (C=O) groups excluding carboxylic acids is 1. The monoisotopic (exact) mass is 380 g/mol.